The zero-order valence-electron chi connectivity index (χ0n) is 16.4. The van der Waals surface area contributed by atoms with E-state index in [0.717, 1.165) is 44.5 Å². The Morgan fingerprint density at radius 3 is 2.66 bits per heavy atom. The quantitative estimate of drug-likeness (QED) is 0.638. The van der Waals surface area contributed by atoms with Crippen LogP contribution < -0.4 is 0 Å². The molecule has 3 heterocycles. The molecule has 3 aromatic rings. The van der Waals surface area contributed by atoms with Crippen LogP contribution in [0, 0.1) is 18.7 Å². The third-order valence-corrected chi connectivity index (χ3v) is 5.37. The van der Waals surface area contributed by atoms with Gasteiger partial charge in [-0.05, 0) is 62.4 Å². The smallest absolute Gasteiger partial charge is 0.257 e. The molecule has 29 heavy (non-hydrogen) atoms. The topological polar surface area (TPSA) is 77.0 Å². The molecular weight excluding hydrogens is 373 g/mol. The van der Waals surface area contributed by atoms with Crippen LogP contribution in [0.2, 0.25) is 0 Å². The van der Waals surface area contributed by atoms with E-state index < -0.39 is 0 Å². The molecule has 4 rings (SSSR count). The summed E-state index contributed by atoms with van der Waals surface area (Å²) in [4.78, 5) is 18.8. The fourth-order valence-corrected chi connectivity index (χ4v) is 3.66. The fraction of sp³-hybridized carbons (Fsp3) is 0.429. The minimum absolute atomic E-state index is 0.119. The van der Waals surface area contributed by atoms with E-state index in [9.17, 15) is 9.18 Å². The van der Waals surface area contributed by atoms with Gasteiger partial charge in [-0.2, -0.15) is 10.1 Å². The Morgan fingerprint density at radius 2 is 1.97 bits per heavy atom. The first-order valence-corrected chi connectivity index (χ1v) is 9.93. The van der Waals surface area contributed by atoms with Gasteiger partial charge in [0.25, 0.3) is 5.89 Å². The largest absolute Gasteiger partial charge is 0.341 e. The number of aryl methyl sites for hydroxylation is 2. The van der Waals surface area contributed by atoms with E-state index in [0.29, 0.717) is 29.7 Å². The normalized spacial score (nSPS) is 15.0. The van der Waals surface area contributed by atoms with Gasteiger partial charge in [-0.15, -0.1) is 0 Å². The van der Waals surface area contributed by atoms with Crippen LogP contribution >= 0.6 is 0 Å². The van der Waals surface area contributed by atoms with Gasteiger partial charge in [-0.1, -0.05) is 5.16 Å². The number of aromatic nitrogens is 4. The standard InChI is InChI=1S/C21H24FN5O2/c1-15-8-13-27(24-15)14-20(28)26-11-9-16(10-12-26)2-7-19-23-21(29-25-19)17-3-5-18(22)6-4-17/h3-6,8,13,16H,2,7,9-12,14H2,1H3. The predicted octanol–water partition coefficient (Wildman–Crippen LogP) is 3.25. The van der Waals surface area contributed by atoms with Crippen LogP contribution in [0.4, 0.5) is 4.39 Å². The summed E-state index contributed by atoms with van der Waals surface area (Å²) in [5.41, 5.74) is 1.63. The minimum Gasteiger partial charge on any atom is -0.341 e. The van der Waals surface area contributed by atoms with E-state index in [-0.39, 0.29) is 11.7 Å². The molecular formula is C21H24FN5O2. The molecule has 0 radical (unpaired) electrons. The molecule has 1 aromatic carbocycles. The predicted molar refractivity (Wildman–Crippen MR) is 104 cm³/mol. The summed E-state index contributed by atoms with van der Waals surface area (Å²) in [5, 5.41) is 8.32. The summed E-state index contributed by atoms with van der Waals surface area (Å²) in [7, 11) is 0. The van der Waals surface area contributed by atoms with Crippen LogP contribution in [-0.4, -0.2) is 43.8 Å². The first-order valence-electron chi connectivity index (χ1n) is 9.93. The van der Waals surface area contributed by atoms with Crippen molar-refractivity contribution in [3.63, 3.8) is 0 Å². The maximum Gasteiger partial charge on any atom is 0.257 e. The summed E-state index contributed by atoms with van der Waals surface area (Å²) in [5.74, 6) is 1.44. The molecule has 8 heteroatoms. The van der Waals surface area contributed by atoms with Crippen LogP contribution in [-0.2, 0) is 17.8 Å². The molecule has 1 aliphatic rings. The summed E-state index contributed by atoms with van der Waals surface area (Å²) >= 11 is 0. The number of hydrogen-bond donors (Lipinski definition) is 0. The van der Waals surface area contributed by atoms with Gasteiger partial charge < -0.3 is 9.42 Å². The Balaban J connectivity index is 1.23. The van der Waals surface area contributed by atoms with Crippen molar-refractivity contribution in [2.45, 2.75) is 39.2 Å². The second-order valence-corrected chi connectivity index (χ2v) is 7.54. The number of amides is 1. The fourth-order valence-electron chi connectivity index (χ4n) is 3.66. The molecule has 0 atom stereocenters. The molecule has 0 saturated carbocycles. The Hall–Kier alpha value is -3.03. The summed E-state index contributed by atoms with van der Waals surface area (Å²) in [6, 6.07) is 7.91. The van der Waals surface area contributed by atoms with Crippen molar-refractivity contribution >= 4 is 5.91 Å². The lowest BCUT2D eigenvalue weighted by Crippen LogP contribution is -2.40. The Labute approximate surface area is 168 Å². The van der Waals surface area contributed by atoms with Crippen molar-refractivity contribution in [3.8, 4) is 11.5 Å². The number of nitrogens with zero attached hydrogens (tertiary/aromatic N) is 5. The number of hydrogen-bond acceptors (Lipinski definition) is 5. The highest BCUT2D eigenvalue weighted by molar-refractivity contribution is 5.76. The maximum absolute atomic E-state index is 13.0. The third kappa shape index (κ3) is 4.88. The van der Waals surface area contributed by atoms with Gasteiger partial charge in [-0.3, -0.25) is 9.48 Å². The van der Waals surface area contributed by atoms with Gasteiger partial charge >= 0.3 is 0 Å². The van der Waals surface area contributed by atoms with Crippen LogP contribution in [0.1, 0.15) is 30.8 Å². The van der Waals surface area contributed by atoms with Crippen LogP contribution in [0.3, 0.4) is 0 Å². The van der Waals surface area contributed by atoms with Crippen molar-refractivity contribution in [2.75, 3.05) is 13.1 Å². The number of rotatable bonds is 6. The van der Waals surface area contributed by atoms with E-state index in [1.54, 1.807) is 16.8 Å². The number of carbonyl (C=O) groups excluding carboxylic acids is 1. The van der Waals surface area contributed by atoms with E-state index in [1.807, 2.05) is 24.1 Å². The molecule has 0 spiro atoms. The molecule has 2 aromatic heterocycles. The SMILES string of the molecule is Cc1ccn(CC(=O)N2CCC(CCc3noc(-c4ccc(F)cc4)n3)CC2)n1. The molecule has 0 aliphatic carbocycles. The van der Waals surface area contributed by atoms with Gasteiger partial charge in [0.1, 0.15) is 12.4 Å². The summed E-state index contributed by atoms with van der Waals surface area (Å²) < 4.78 is 20.0. The Morgan fingerprint density at radius 1 is 1.21 bits per heavy atom. The molecule has 1 amide bonds. The van der Waals surface area contributed by atoms with E-state index in [4.69, 9.17) is 4.52 Å². The van der Waals surface area contributed by atoms with Gasteiger partial charge in [0, 0.05) is 31.3 Å². The number of halogens is 1. The molecule has 1 saturated heterocycles. The zero-order chi connectivity index (χ0) is 20.2. The lowest BCUT2D eigenvalue weighted by molar-refractivity contribution is -0.133. The third-order valence-electron chi connectivity index (χ3n) is 5.37. The lowest BCUT2D eigenvalue weighted by atomic mass is 9.92. The highest BCUT2D eigenvalue weighted by Crippen LogP contribution is 2.23. The second kappa shape index (κ2) is 8.55. The Bertz CT molecular complexity index is 958. The second-order valence-electron chi connectivity index (χ2n) is 7.54. The van der Waals surface area contributed by atoms with Gasteiger partial charge in [0.2, 0.25) is 5.91 Å². The average molecular weight is 397 g/mol. The molecule has 1 fully saturated rings. The van der Waals surface area contributed by atoms with Crippen molar-refractivity contribution < 1.29 is 13.7 Å². The molecule has 152 valence electrons. The summed E-state index contributed by atoms with van der Waals surface area (Å²) in [6.45, 7) is 3.76. The molecule has 7 nitrogen and oxygen atoms in total. The average Bonchev–Trinajstić information content (AvgIpc) is 3.36. The lowest BCUT2D eigenvalue weighted by Gasteiger charge is -2.32. The maximum atomic E-state index is 13.0. The van der Waals surface area contributed by atoms with Gasteiger partial charge in [0.05, 0.1) is 5.69 Å². The molecule has 0 N–H and O–H groups in total. The molecule has 0 bridgehead atoms. The van der Waals surface area contributed by atoms with E-state index >= 15 is 0 Å². The van der Waals surface area contributed by atoms with Crippen LogP contribution in [0.5, 0.6) is 0 Å². The van der Waals surface area contributed by atoms with Crippen molar-refractivity contribution in [3.05, 3.63) is 53.9 Å². The number of likely N-dealkylation sites (tertiary alicyclic amines) is 1. The van der Waals surface area contributed by atoms with E-state index in [2.05, 4.69) is 15.2 Å². The number of carbonyl (C=O) groups is 1. The first kappa shape index (κ1) is 19.3. The molecule has 1 aliphatic heterocycles. The van der Waals surface area contributed by atoms with Crippen molar-refractivity contribution in [2.24, 2.45) is 5.92 Å². The highest BCUT2D eigenvalue weighted by atomic mass is 19.1. The van der Waals surface area contributed by atoms with Crippen LogP contribution in [0.25, 0.3) is 11.5 Å². The Kier molecular flexibility index (Phi) is 5.69. The van der Waals surface area contributed by atoms with Gasteiger partial charge in [-0.25, -0.2) is 4.39 Å². The zero-order valence-corrected chi connectivity index (χ0v) is 16.4. The van der Waals surface area contributed by atoms with E-state index in [1.165, 1.54) is 12.1 Å². The van der Waals surface area contributed by atoms with Crippen molar-refractivity contribution in [1.82, 2.24) is 24.8 Å². The molecule has 0 unspecified atom stereocenters. The van der Waals surface area contributed by atoms with Crippen LogP contribution in [0.15, 0.2) is 41.1 Å². The van der Waals surface area contributed by atoms with Crippen molar-refractivity contribution in [1.29, 1.82) is 0 Å². The monoisotopic (exact) mass is 397 g/mol. The summed E-state index contributed by atoms with van der Waals surface area (Å²) in [6.07, 6.45) is 5.49. The minimum atomic E-state index is -0.293. The highest BCUT2D eigenvalue weighted by Gasteiger charge is 2.23. The number of benzene rings is 1. The van der Waals surface area contributed by atoms with Gasteiger partial charge in [0.15, 0.2) is 5.82 Å². The first-order chi connectivity index (χ1) is 14.1. The number of piperidine rings is 1.